The van der Waals surface area contributed by atoms with Crippen LogP contribution < -0.4 is 18.9 Å². The Morgan fingerprint density at radius 3 is 1.15 bits per heavy atom. The summed E-state index contributed by atoms with van der Waals surface area (Å²) in [6.07, 6.45) is 4.16. The van der Waals surface area contributed by atoms with E-state index in [1.807, 2.05) is 60.7 Å². The minimum atomic E-state index is 0. The summed E-state index contributed by atoms with van der Waals surface area (Å²) in [5.74, 6) is 5.40. The second-order valence-corrected chi connectivity index (χ2v) is 19.3. The van der Waals surface area contributed by atoms with E-state index < -0.39 is 0 Å². The van der Waals surface area contributed by atoms with Crippen molar-refractivity contribution in [3.8, 4) is 23.0 Å². The molecule has 0 radical (unpaired) electrons. The molecule has 326 valence electrons. The molecule has 2 unspecified atom stereocenters. The normalized spacial score (nSPS) is 12.9. The summed E-state index contributed by atoms with van der Waals surface area (Å²) in [5, 5.41) is 0. The third kappa shape index (κ3) is 17.5. The Hall–Kier alpha value is -2.37. The van der Waals surface area contributed by atoms with Crippen LogP contribution in [-0.2, 0) is 67.0 Å². The Morgan fingerprint density at radius 1 is 0.525 bits per heavy atom. The number of ether oxygens (including phenoxy) is 4. The fraction of sp³-hybridized carbons (Fsp3) is 0.417. The Balaban J connectivity index is 0.000000400. The van der Waals surface area contributed by atoms with Crippen LogP contribution >= 0.6 is 23.5 Å². The second-order valence-electron chi connectivity index (χ2n) is 15.0. The molecule has 11 heteroatoms. The van der Waals surface area contributed by atoms with Crippen LogP contribution in [0.4, 0.5) is 0 Å². The van der Waals surface area contributed by atoms with Crippen LogP contribution in [0.15, 0.2) is 103 Å². The van der Waals surface area contributed by atoms with Crippen molar-refractivity contribution in [3.63, 3.8) is 0 Å². The third-order valence-electron chi connectivity index (χ3n) is 9.68. The molecule has 0 aliphatic heterocycles. The number of thioether (sulfide) groups is 2. The summed E-state index contributed by atoms with van der Waals surface area (Å²) >= 11 is 26.0. The standard InChI is InChI=1S/2C24H32O2S3.Ni/c2*1-6-17(4)18-7-12-22(26-14-13-16(2)3)21(15-18)23(27)24(28)29-20-10-8-19(25-5)9-11-20;/h2*7-12,15-17,27-28H,6,13-14H2,1-5H3;/p-4/b2*24-23+;. The summed E-state index contributed by atoms with van der Waals surface area (Å²) in [7, 11) is 3.32. The molecule has 0 N–H and O–H groups in total. The van der Waals surface area contributed by atoms with E-state index in [4.69, 9.17) is 69.5 Å². The smallest absolute Gasteiger partial charge is 0.124 e. The molecule has 4 nitrogen and oxygen atoms in total. The topological polar surface area (TPSA) is 36.9 Å². The van der Waals surface area contributed by atoms with Gasteiger partial charge in [-0.25, -0.2) is 0 Å². The van der Waals surface area contributed by atoms with Crippen LogP contribution in [-0.4, -0.2) is 27.4 Å². The van der Waals surface area contributed by atoms with Gasteiger partial charge in [-0.1, -0.05) is 67.5 Å². The van der Waals surface area contributed by atoms with Gasteiger partial charge in [0.05, 0.1) is 27.4 Å². The number of hydrogen-bond acceptors (Lipinski definition) is 10. The van der Waals surface area contributed by atoms with Gasteiger partial charge in [-0.05, 0) is 144 Å². The summed E-state index contributed by atoms with van der Waals surface area (Å²) in [4.78, 5) is 3.42. The Bertz CT molecular complexity index is 1770. The maximum Gasteiger partial charge on any atom is 0.124 e. The van der Waals surface area contributed by atoms with Gasteiger partial charge in [-0.3, -0.25) is 0 Å². The van der Waals surface area contributed by atoms with Crippen molar-refractivity contribution >= 4 is 83.8 Å². The molecule has 2 atom stereocenters. The van der Waals surface area contributed by atoms with Crippen molar-refractivity contribution in [3.05, 3.63) is 116 Å². The average Bonchev–Trinajstić information content (AvgIpc) is 3.23. The van der Waals surface area contributed by atoms with Crippen LogP contribution in [0, 0.1) is 11.8 Å². The summed E-state index contributed by atoms with van der Waals surface area (Å²) < 4.78 is 24.0. The van der Waals surface area contributed by atoms with Crippen LogP contribution in [0.3, 0.4) is 0 Å². The van der Waals surface area contributed by atoms with Gasteiger partial charge < -0.3 is 69.5 Å². The van der Waals surface area contributed by atoms with Gasteiger partial charge >= 0.3 is 0 Å². The molecule has 59 heavy (non-hydrogen) atoms. The van der Waals surface area contributed by atoms with Gasteiger partial charge in [0.1, 0.15) is 23.0 Å². The molecule has 0 saturated heterocycles. The maximum atomic E-state index is 6.10. The van der Waals surface area contributed by atoms with Gasteiger partial charge in [-0.2, -0.15) is 18.3 Å². The molecule has 0 fully saturated rings. The Labute approximate surface area is 396 Å². The van der Waals surface area contributed by atoms with E-state index in [9.17, 15) is 0 Å². The minimum absolute atomic E-state index is 0. The van der Waals surface area contributed by atoms with Gasteiger partial charge in [0.2, 0.25) is 0 Å². The largest absolute Gasteiger partial charge is 0.780 e. The monoisotopic (exact) mass is 950 g/mol. The molecule has 4 rings (SSSR count). The number of benzene rings is 4. The first kappa shape index (κ1) is 52.8. The van der Waals surface area contributed by atoms with E-state index in [0.717, 1.165) is 69.6 Å². The first-order chi connectivity index (χ1) is 27.7. The molecular weight excluding hydrogens is 892 g/mol. The summed E-state index contributed by atoms with van der Waals surface area (Å²) in [5.41, 5.74) is 4.37. The van der Waals surface area contributed by atoms with Crippen LogP contribution in [0.5, 0.6) is 23.0 Å². The van der Waals surface area contributed by atoms with Crippen molar-refractivity contribution in [2.45, 2.75) is 103 Å². The number of methoxy groups -OCH3 is 2. The van der Waals surface area contributed by atoms with Gasteiger partial charge in [-0.15, -0.1) is 23.5 Å². The van der Waals surface area contributed by atoms with Gasteiger partial charge in [0.15, 0.2) is 0 Å². The van der Waals surface area contributed by atoms with Gasteiger partial charge in [0, 0.05) is 26.3 Å². The molecule has 4 aromatic carbocycles. The first-order valence-corrected chi connectivity index (χ1v) is 23.3. The van der Waals surface area contributed by atoms with E-state index in [1.165, 1.54) is 34.7 Å². The van der Waals surface area contributed by atoms with E-state index >= 15 is 0 Å². The van der Waals surface area contributed by atoms with E-state index in [1.54, 1.807) is 14.2 Å². The molecule has 0 amide bonds. The van der Waals surface area contributed by atoms with E-state index in [-0.39, 0.29) is 16.5 Å². The van der Waals surface area contributed by atoms with Crippen molar-refractivity contribution in [1.82, 2.24) is 0 Å². The molecule has 0 aliphatic carbocycles. The van der Waals surface area contributed by atoms with Crippen LogP contribution in [0.1, 0.15) is 115 Å². The van der Waals surface area contributed by atoms with E-state index in [2.05, 4.69) is 79.7 Å². The van der Waals surface area contributed by atoms with Crippen molar-refractivity contribution < 1.29 is 35.4 Å². The zero-order valence-electron chi connectivity index (χ0n) is 36.0. The van der Waals surface area contributed by atoms with Crippen LogP contribution in [0.2, 0.25) is 0 Å². The molecule has 0 bridgehead atoms. The SMILES string of the molecule is CCC(C)c1ccc(OCCC(C)C)c(/C([S-])=C(/[S-])Sc2ccc(OC)cc2)c1.CCC(C)c1ccc(OCCC(C)C)c(/C([S-])=C(/[S-])Sc2ccc(OC)cc2)c1.[Ni]. The zero-order valence-corrected chi connectivity index (χ0v) is 41.9. The van der Waals surface area contributed by atoms with Crippen molar-refractivity contribution in [1.29, 1.82) is 0 Å². The first-order valence-electron chi connectivity index (χ1n) is 20.1. The number of hydrogen-bond donors (Lipinski definition) is 0. The maximum absolute atomic E-state index is 6.10. The predicted molar refractivity (Wildman–Crippen MR) is 261 cm³/mol. The third-order valence-corrected chi connectivity index (χ3v) is 13.7. The van der Waals surface area contributed by atoms with Crippen molar-refractivity contribution in [2.24, 2.45) is 11.8 Å². The average molecular weight is 952 g/mol. The summed E-state index contributed by atoms with van der Waals surface area (Å²) in [6, 6.07) is 28.4. The fourth-order valence-corrected chi connectivity index (χ4v) is 8.15. The molecule has 0 aliphatic rings. The molecule has 0 spiro atoms. The van der Waals surface area contributed by atoms with E-state index in [0.29, 0.717) is 55.2 Å². The zero-order chi connectivity index (χ0) is 42.8. The fourth-order valence-electron chi connectivity index (χ4n) is 5.41. The van der Waals surface area contributed by atoms with Crippen molar-refractivity contribution in [2.75, 3.05) is 27.4 Å². The molecule has 4 aromatic rings. The molecular formula is C48H60NiO4S6-4. The number of rotatable bonds is 20. The Morgan fingerprint density at radius 2 is 0.864 bits per heavy atom. The molecule has 0 heterocycles. The second kappa shape index (κ2) is 27.6. The quantitative estimate of drug-likeness (QED) is 0.0486. The molecule has 0 aromatic heterocycles. The van der Waals surface area contributed by atoms with Crippen LogP contribution in [0.25, 0.3) is 9.81 Å². The predicted octanol–water partition coefficient (Wildman–Crippen LogP) is 14.3. The van der Waals surface area contributed by atoms with Gasteiger partial charge in [0.25, 0.3) is 0 Å². The summed E-state index contributed by atoms with van der Waals surface area (Å²) in [6.45, 7) is 19.0. The minimum Gasteiger partial charge on any atom is -0.780 e. The molecule has 0 saturated carbocycles. The Kier molecular flexibility index (Phi) is 24.6.